The summed E-state index contributed by atoms with van der Waals surface area (Å²) < 4.78 is 16.1. The molecule has 0 saturated carbocycles. The van der Waals surface area contributed by atoms with E-state index >= 15 is 0 Å². The van der Waals surface area contributed by atoms with Gasteiger partial charge in [0.15, 0.2) is 16.6 Å². The molecule has 0 aromatic heterocycles. The first-order chi connectivity index (χ1) is 12.1. The lowest BCUT2D eigenvalue weighted by Gasteiger charge is -2.15. The van der Waals surface area contributed by atoms with Gasteiger partial charge in [-0.3, -0.25) is 0 Å². The quantitative estimate of drug-likeness (QED) is 0.737. The summed E-state index contributed by atoms with van der Waals surface area (Å²) in [5.41, 5.74) is 3.04. The second-order valence-electron chi connectivity index (χ2n) is 5.49. The summed E-state index contributed by atoms with van der Waals surface area (Å²) in [7, 11) is 4.92. The summed E-state index contributed by atoms with van der Waals surface area (Å²) in [6.07, 6.45) is 0.757. The van der Waals surface area contributed by atoms with Gasteiger partial charge in [-0.15, -0.1) is 0 Å². The van der Waals surface area contributed by atoms with Gasteiger partial charge < -0.3 is 24.8 Å². The number of ether oxygens (including phenoxy) is 3. The molecule has 0 spiro atoms. The van der Waals surface area contributed by atoms with Crippen molar-refractivity contribution in [2.75, 3.05) is 33.2 Å². The maximum atomic E-state index is 5.45. The highest BCUT2D eigenvalue weighted by molar-refractivity contribution is 7.80. The Balaban J connectivity index is 1.94. The summed E-state index contributed by atoms with van der Waals surface area (Å²) >= 11 is 5.38. The lowest BCUT2D eigenvalue weighted by atomic mass is 10.1. The Morgan fingerprint density at radius 2 is 1.76 bits per heavy atom. The number of rotatable bonds is 7. The number of para-hydroxylation sites is 1. The molecule has 0 unspecified atom stereocenters. The average molecular weight is 360 g/mol. The Morgan fingerprint density at radius 3 is 2.44 bits per heavy atom. The van der Waals surface area contributed by atoms with Crippen LogP contribution in [0.1, 0.15) is 11.1 Å². The predicted octanol–water partition coefficient (Wildman–Crippen LogP) is 3.55. The van der Waals surface area contributed by atoms with Crippen molar-refractivity contribution in [3.63, 3.8) is 0 Å². The molecule has 0 bridgehead atoms. The summed E-state index contributed by atoms with van der Waals surface area (Å²) in [5.74, 6) is 2.24. The largest absolute Gasteiger partial charge is 0.495 e. The second kappa shape index (κ2) is 9.13. The molecular weight excluding hydrogens is 336 g/mol. The number of anilines is 1. The minimum atomic E-state index is 0.547. The fourth-order valence-electron chi connectivity index (χ4n) is 2.55. The van der Waals surface area contributed by atoms with Crippen molar-refractivity contribution in [3.8, 4) is 17.2 Å². The highest BCUT2D eigenvalue weighted by Gasteiger charge is 2.10. The first-order valence-corrected chi connectivity index (χ1v) is 8.39. The molecule has 0 radical (unpaired) electrons. The molecule has 0 heterocycles. The van der Waals surface area contributed by atoms with Crippen LogP contribution in [-0.4, -0.2) is 33.0 Å². The van der Waals surface area contributed by atoms with Crippen molar-refractivity contribution >= 4 is 23.0 Å². The van der Waals surface area contributed by atoms with Crippen molar-refractivity contribution in [1.82, 2.24) is 5.32 Å². The number of hydrogen-bond acceptors (Lipinski definition) is 4. The van der Waals surface area contributed by atoms with Crippen LogP contribution in [0.25, 0.3) is 0 Å². The zero-order valence-corrected chi connectivity index (χ0v) is 15.8. The maximum Gasteiger partial charge on any atom is 0.170 e. The van der Waals surface area contributed by atoms with E-state index in [1.165, 1.54) is 0 Å². The Labute approximate surface area is 154 Å². The molecule has 0 aliphatic carbocycles. The van der Waals surface area contributed by atoms with Gasteiger partial charge in [0, 0.05) is 6.54 Å². The monoisotopic (exact) mass is 360 g/mol. The smallest absolute Gasteiger partial charge is 0.170 e. The summed E-state index contributed by atoms with van der Waals surface area (Å²) in [6, 6.07) is 11.8. The van der Waals surface area contributed by atoms with Gasteiger partial charge in [-0.1, -0.05) is 18.2 Å². The van der Waals surface area contributed by atoms with E-state index in [9.17, 15) is 0 Å². The molecule has 2 aromatic carbocycles. The minimum absolute atomic E-state index is 0.547. The lowest BCUT2D eigenvalue weighted by Crippen LogP contribution is -2.30. The van der Waals surface area contributed by atoms with Crippen molar-refractivity contribution < 1.29 is 14.2 Å². The Kier molecular flexibility index (Phi) is 6.89. The molecule has 25 heavy (non-hydrogen) atoms. The molecule has 0 aliphatic heterocycles. The minimum Gasteiger partial charge on any atom is -0.495 e. The van der Waals surface area contributed by atoms with Gasteiger partial charge in [0.25, 0.3) is 0 Å². The van der Waals surface area contributed by atoms with E-state index in [1.807, 2.05) is 43.3 Å². The van der Waals surface area contributed by atoms with Gasteiger partial charge in [-0.25, -0.2) is 0 Å². The Bertz CT molecular complexity index is 735. The molecule has 2 aromatic rings. The van der Waals surface area contributed by atoms with Crippen LogP contribution in [0.2, 0.25) is 0 Å². The fourth-order valence-corrected chi connectivity index (χ4v) is 2.76. The standard InChI is InChI=1S/C19H24N2O3S/c1-13-8-9-16(22-2)15(12-13)21-19(25)20-11-10-14-6-5-7-17(23-3)18(14)24-4/h5-9,12H,10-11H2,1-4H3,(H2,20,21,25). The maximum absolute atomic E-state index is 5.45. The van der Waals surface area contributed by atoms with Gasteiger partial charge in [-0.05, 0) is 54.9 Å². The van der Waals surface area contributed by atoms with Crippen LogP contribution in [0, 0.1) is 6.92 Å². The number of hydrogen-bond donors (Lipinski definition) is 2. The number of aryl methyl sites for hydroxylation is 1. The predicted molar refractivity (Wildman–Crippen MR) is 105 cm³/mol. The Hall–Kier alpha value is -2.47. The van der Waals surface area contributed by atoms with Crippen LogP contribution in [0.5, 0.6) is 17.2 Å². The topological polar surface area (TPSA) is 51.8 Å². The zero-order valence-electron chi connectivity index (χ0n) is 15.0. The van der Waals surface area contributed by atoms with Crippen LogP contribution in [0.15, 0.2) is 36.4 Å². The van der Waals surface area contributed by atoms with Crippen LogP contribution in [0.4, 0.5) is 5.69 Å². The van der Waals surface area contributed by atoms with Crippen molar-refractivity contribution in [1.29, 1.82) is 0 Å². The molecule has 0 amide bonds. The van der Waals surface area contributed by atoms with E-state index in [4.69, 9.17) is 26.4 Å². The molecule has 0 aliphatic rings. The van der Waals surface area contributed by atoms with Gasteiger partial charge in [0.1, 0.15) is 5.75 Å². The van der Waals surface area contributed by atoms with Gasteiger partial charge in [-0.2, -0.15) is 0 Å². The third-order valence-electron chi connectivity index (χ3n) is 3.77. The van der Waals surface area contributed by atoms with E-state index in [0.29, 0.717) is 11.7 Å². The molecule has 0 atom stereocenters. The first-order valence-electron chi connectivity index (χ1n) is 7.98. The van der Waals surface area contributed by atoms with Crippen LogP contribution < -0.4 is 24.8 Å². The third kappa shape index (κ3) is 5.00. The van der Waals surface area contributed by atoms with E-state index in [2.05, 4.69) is 10.6 Å². The molecule has 2 N–H and O–H groups in total. The van der Waals surface area contributed by atoms with Crippen LogP contribution in [0.3, 0.4) is 0 Å². The number of methoxy groups -OCH3 is 3. The SMILES string of the molecule is COc1ccc(C)cc1NC(=S)NCCc1cccc(OC)c1OC. The highest BCUT2D eigenvalue weighted by Crippen LogP contribution is 2.30. The molecule has 0 saturated heterocycles. The normalized spacial score (nSPS) is 10.1. The summed E-state index contributed by atoms with van der Waals surface area (Å²) in [5, 5.41) is 6.93. The number of nitrogens with one attached hydrogen (secondary N) is 2. The summed E-state index contributed by atoms with van der Waals surface area (Å²) in [6.45, 7) is 2.69. The van der Waals surface area contributed by atoms with Crippen molar-refractivity contribution in [2.24, 2.45) is 0 Å². The van der Waals surface area contributed by atoms with Gasteiger partial charge in [0.05, 0.1) is 27.0 Å². The van der Waals surface area contributed by atoms with E-state index in [-0.39, 0.29) is 0 Å². The van der Waals surface area contributed by atoms with E-state index in [1.54, 1.807) is 21.3 Å². The van der Waals surface area contributed by atoms with E-state index in [0.717, 1.165) is 40.5 Å². The Morgan fingerprint density at radius 1 is 1.00 bits per heavy atom. The van der Waals surface area contributed by atoms with Crippen molar-refractivity contribution in [3.05, 3.63) is 47.5 Å². The average Bonchev–Trinajstić information content (AvgIpc) is 2.61. The fraction of sp³-hybridized carbons (Fsp3) is 0.316. The van der Waals surface area contributed by atoms with Crippen LogP contribution >= 0.6 is 12.2 Å². The zero-order chi connectivity index (χ0) is 18.2. The molecular formula is C19H24N2O3S. The summed E-state index contributed by atoms with van der Waals surface area (Å²) in [4.78, 5) is 0. The highest BCUT2D eigenvalue weighted by atomic mass is 32.1. The van der Waals surface area contributed by atoms with E-state index < -0.39 is 0 Å². The molecule has 5 nitrogen and oxygen atoms in total. The van der Waals surface area contributed by atoms with Gasteiger partial charge >= 0.3 is 0 Å². The van der Waals surface area contributed by atoms with Crippen molar-refractivity contribution in [2.45, 2.75) is 13.3 Å². The molecule has 134 valence electrons. The van der Waals surface area contributed by atoms with Gasteiger partial charge in [0.2, 0.25) is 0 Å². The number of benzene rings is 2. The molecule has 6 heteroatoms. The lowest BCUT2D eigenvalue weighted by molar-refractivity contribution is 0.351. The molecule has 2 rings (SSSR count). The first kappa shape index (κ1) is 18.9. The molecule has 0 fully saturated rings. The van der Waals surface area contributed by atoms with Crippen LogP contribution in [-0.2, 0) is 6.42 Å². The second-order valence-corrected chi connectivity index (χ2v) is 5.90. The third-order valence-corrected chi connectivity index (χ3v) is 4.01. The number of thiocarbonyl (C=S) groups is 1.